The van der Waals surface area contributed by atoms with Gasteiger partial charge in [0.05, 0.1) is 34.5 Å². The van der Waals surface area contributed by atoms with Crippen LogP contribution in [0.4, 0.5) is 11.8 Å². The summed E-state index contributed by atoms with van der Waals surface area (Å²) >= 11 is 0. The molecule has 10 nitrogen and oxygen atoms in total. The number of aromatic nitrogens is 2. The van der Waals surface area contributed by atoms with E-state index in [4.69, 9.17) is 23.9 Å². The summed E-state index contributed by atoms with van der Waals surface area (Å²) in [5, 5.41) is 0. The number of morpholine rings is 1. The quantitative estimate of drug-likeness (QED) is 0.642. The van der Waals surface area contributed by atoms with Crippen LogP contribution in [-0.4, -0.2) is 94.6 Å². The molecule has 0 radical (unpaired) electrons. The fraction of sp³-hybridized carbons (Fsp3) is 0.522. The summed E-state index contributed by atoms with van der Waals surface area (Å²) in [6.07, 6.45) is 0. The zero-order valence-electron chi connectivity index (χ0n) is 19.7. The summed E-state index contributed by atoms with van der Waals surface area (Å²) in [4.78, 5) is 28.9. The summed E-state index contributed by atoms with van der Waals surface area (Å²) in [6, 6.07) is 5.39. The molecule has 1 aromatic carbocycles. The molecule has 2 aliphatic rings. The second kappa shape index (κ2) is 10.1. The lowest BCUT2D eigenvalue weighted by Crippen LogP contribution is -2.49. The summed E-state index contributed by atoms with van der Waals surface area (Å²) in [5.74, 6) is 2.94. The Hall–Kier alpha value is -3.27. The van der Waals surface area contributed by atoms with Gasteiger partial charge < -0.3 is 33.6 Å². The molecule has 3 heterocycles. The van der Waals surface area contributed by atoms with Crippen LogP contribution in [0, 0.1) is 6.92 Å². The molecule has 2 aliphatic heterocycles. The van der Waals surface area contributed by atoms with Crippen LogP contribution in [0.15, 0.2) is 18.2 Å². The number of anilines is 2. The Balaban J connectivity index is 1.46. The molecule has 0 atom stereocenters. The average molecular weight is 458 g/mol. The molecule has 33 heavy (non-hydrogen) atoms. The first kappa shape index (κ1) is 22.9. The predicted octanol–water partition coefficient (Wildman–Crippen LogP) is 1.61. The van der Waals surface area contributed by atoms with Crippen molar-refractivity contribution in [2.75, 3.05) is 83.6 Å². The molecule has 178 valence electrons. The molecule has 10 heteroatoms. The van der Waals surface area contributed by atoms with Gasteiger partial charge in [-0.05, 0) is 19.1 Å². The van der Waals surface area contributed by atoms with Gasteiger partial charge in [-0.1, -0.05) is 0 Å². The highest BCUT2D eigenvalue weighted by atomic mass is 16.5. The van der Waals surface area contributed by atoms with Gasteiger partial charge in [0.2, 0.25) is 11.7 Å². The number of benzene rings is 1. The maximum absolute atomic E-state index is 13.2. The topological polar surface area (TPSA) is 89.5 Å². The van der Waals surface area contributed by atoms with Crippen molar-refractivity contribution in [3.8, 4) is 17.2 Å². The number of hydrogen-bond acceptors (Lipinski definition) is 9. The first-order valence-corrected chi connectivity index (χ1v) is 11.1. The van der Waals surface area contributed by atoms with E-state index in [2.05, 4.69) is 14.8 Å². The van der Waals surface area contributed by atoms with Gasteiger partial charge in [-0.2, -0.15) is 4.98 Å². The minimum atomic E-state index is -0.0759. The van der Waals surface area contributed by atoms with Crippen LogP contribution in [0.5, 0.6) is 17.2 Å². The summed E-state index contributed by atoms with van der Waals surface area (Å²) in [5.41, 5.74) is 1.43. The van der Waals surface area contributed by atoms with Crippen molar-refractivity contribution in [3.05, 3.63) is 29.5 Å². The number of aryl methyl sites for hydroxylation is 1. The van der Waals surface area contributed by atoms with Crippen LogP contribution < -0.4 is 24.0 Å². The molecule has 1 aromatic heterocycles. The van der Waals surface area contributed by atoms with Gasteiger partial charge in [0, 0.05) is 56.6 Å². The van der Waals surface area contributed by atoms with Gasteiger partial charge in [0.15, 0.2) is 11.5 Å². The molecule has 0 unspecified atom stereocenters. The van der Waals surface area contributed by atoms with Crippen LogP contribution in [0.2, 0.25) is 0 Å². The molecule has 2 fully saturated rings. The average Bonchev–Trinajstić information content (AvgIpc) is 2.87. The van der Waals surface area contributed by atoms with Gasteiger partial charge in [-0.3, -0.25) is 4.79 Å². The molecule has 0 saturated carbocycles. The minimum Gasteiger partial charge on any atom is -0.493 e. The number of rotatable bonds is 6. The Kier molecular flexibility index (Phi) is 7.02. The number of piperazine rings is 1. The number of hydrogen-bond donors (Lipinski definition) is 0. The Labute approximate surface area is 194 Å². The number of methoxy groups -OCH3 is 3. The fourth-order valence-electron chi connectivity index (χ4n) is 4.13. The van der Waals surface area contributed by atoms with E-state index in [1.807, 2.05) is 17.9 Å². The van der Waals surface area contributed by atoms with E-state index in [9.17, 15) is 4.79 Å². The molecule has 0 aliphatic carbocycles. The Morgan fingerprint density at radius 1 is 0.848 bits per heavy atom. The first-order chi connectivity index (χ1) is 16.0. The molecule has 0 N–H and O–H groups in total. The first-order valence-electron chi connectivity index (χ1n) is 11.1. The third-order valence-corrected chi connectivity index (χ3v) is 5.93. The molecular formula is C23H31N5O5. The molecule has 1 amide bonds. The monoisotopic (exact) mass is 457 g/mol. The number of nitrogens with zero attached hydrogens (tertiary/aromatic N) is 5. The standard InChI is InChI=1S/C23H31N5O5/c1-16-13-20(26-9-11-33-12-10-26)25-23(24-16)28-7-5-27(6-8-28)22(29)17-14-18(30-2)21(32-4)19(15-17)31-3/h13-15H,5-12H2,1-4H3. The smallest absolute Gasteiger partial charge is 0.254 e. The zero-order valence-corrected chi connectivity index (χ0v) is 19.7. The van der Waals surface area contributed by atoms with Crippen LogP contribution in [-0.2, 0) is 4.74 Å². The highest BCUT2D eigenvalue weighted by molar-refractivity contribution is 5.95. The van der Waals surface area contributed by atoms with Gasteiger partial charge in [-0.25, -0.2) is 4.98 Å². The van der Waals surface area contributed by atoms with E-state index in [0.29, 0.717) is 68.2 Å². The van der Waals surface area contributed by atoms with Crippen LogP contribution in [0.1, 0.15) is 16.1 Å². The maximum atomic E-state index is 13.2. The van der Waals surface area contributed by atoms with Crippen molar-refractivity contribution in [2.24, 2.45) is 0 Å². The third-order valence-electron chi connectivity index (χ3n) is 5.93. The molecular weight excluding hydrogens is 426 g/mol. The lowest BCUT2D eigenvalue weighted by Gasteiger charge is -2.35. The van der Waals surface area contributed by atoms with Gasteiger partial charge in [0.25, 0.3) is 5.91 Å². The van der Waals surface area contributed by atoms with Gasteiger partial charge in [0.1, 0.15) is 5.82 Å². The highest BCUT2D eigenvalue weighted by Gasteiger charge is 2.26. The molecule has 0 bridgehead atoms. The molecule has 4 rings (SSSR count). The summed E-state index contributed by atoms with van der Waals surface area (Å²) < 4.78 is 21.6. The van der Waals surface area contributed by atoms with Crippen molar-refractivity contribution in [1.29, 1.82) is 0 Å². The summed E-state index contributed by atoms with van der Waals surface area (Å²) in [7, 11) is 4.62. The molecule has 2 aromatic rings. The van der Waals surface area contributed by atoms with Crippen molar-refractivity contribution in [2.45, 2.75) is 6.92 Å². The van der Waals surface area contributed by atoms with E-state index in [1.54, 1.807) is 19.2 Å². The Bertz CT molecular complexity index is 962. The number of carbonyl (C=O) groups is 1. The predicted molar refractivity (Wildman–Crippen MR) is 124 cm³/mol. The largest absolute Gasteiger partial charge is 0.493 e. The Morgan fingerprint density at radius 3 is 2.06 bits per heavy atom. The van der Waals surface area contributed by atoms with Crippen LogP contribution in [0.3, 0.4) is 0 Å². The second-order valence-electron chi connectivity index (χ2n) is 7.96. The zero-order chi connectivity index (χ0) is 23.4. The lowest BCUT2D eigenvalue weighted by molar-refractivity contribution is 0.0745. The van der Waals surface area contributed by atoms with E-state index in [0.717, 1.165) is 24.6 Å². The van der Waals surface area contributed by atoms with E-state index < -0.39 is 0 Å². The highest BCUT2D eigenvalue weighted by Crippen LogP contribution is 2.38. The SMILES string of the molecule is COc1cc(C(=O)N2CCN(c3nc(C)cc(N4CCOCC4)n3)CC2)cc(OC)c1OC. The second-order valence-corrected chi connectivity index (χ2v) is 7.96. The normalized spacial score (nSPS) is 16.5. The van der Waals surface area contributed by atoms with Crippen molar-refractivity contribution >= 4 is 17.7 Å². The van der Waals surface area contributed by atoms with Gasteiger partial charge in [-0.15, -0.1) is 0 Å². The lowest BCUT2D eigenvalue weighted by atomic mass is 10.1. The number of ether oxygens (including phenoxy) is 4. The summed E-state index contributed by atoms with van der Waals surface area (Å²) in [6.45, 7) is 7.50. The van der Waals surface area contributed by atoms with E-state index in [1.165, 1.54) is 14.2 Å². The molecule has 2 saturated heterocycles. The van der Waals surface area contributed by atoms with Crippen LogP contribution in [0.25, 0.3) is 0 Å². The van der Waals surface area contributed by atoms with E-state index >= 15 is 0 Å². The number of amides is 1. The van der Waals surface area contributed by atoms with Gasteiger partial charge >= 0.3 is 0 Å². The Morgan fingerprint density at radius 2 is 1.48 bits per heavy atom. The van der Waals surface area contributed by atoms with Crippen molar-refractivity contribution in [1.82, 2.24) is 14.9 Å². The van der Waals surface area contributed by atoms with Crippen molar-refractivity contribution < 1.29 is 23.7 Å². The van der Waals surface area contributed by atoms with E-state index in [-0.39, 0.29) is 5.91 Å². The third kappa shape index (κ3) is 4.90. The van der Waals surface area contributed by atoms with Crippen LogP contribution >= 0.6 is 0 Å². The maximum Gasteiger partial charge on any atom is 0.254 e. The van der Waals surface area contributed by atoms with Crippen molar-refractivity contribution in [3.63, 3.8) is 0 Å². The fourth-order valence-corrected chi connectivity index (χ4v) is 4.13. The number of carbonyl (C=O) groups excluding carboxylic acids is 1. The molecule has 0 spiro atoms. The minimum absolute atomic E-state index is 0.0759.